The van der Waals surface area contributed by atoms with E-state index in [1.54, 1.807) is 7.11 Å². The summed E-state index contributed by atoms with van der Waals surface area (Å²) >= 11 is 0. The van der Waals surface area contributed by atoms with Gasteiger partial charge in [0, 0.05) is 11.8 Å². The van der Waals surface area contributed by atoms with Crippen molar-refractivity contribution in [2.24, 2.45) is 5.92 Å². The van der Waals surface area contributed by atoms with Crippen molar-refractivity contribution in [3.8, 4) is 5.75 Å². The lowest BCUT2D eigenvalue weighted by Crippen LogP contribution is -2.32. The van der Waals surface area contributed by atoms with E-state index < -0.39 is 0 Å². The van der Waals surface area contributed by atoms with E-state index in [9.17, 15) is 5.11 Å². The van der Waals surface area contributed by atoms with E-state index in [1.807, 2.05) is 24.3 Å². The van der Waals surface area contributed by atoms with Crippen molar-refractivity contribution in [2.75, 3.05) is 19.0 Å². The van der Waals surface area contributed by atoms with Crippen molar-refractivity contribution in [1.29, 1.82) is 0 Å². The first-order valence-electron chi connectivity index (χ1n) is 7.35. The highest BCUT2D eigenvalue weighted by Gasteiger charge is 2.22. The summed E-state index contributed by atoms with van der Waals surface area (Å²) < 4.78 is 5.23. The van der Waals surface area contributed by atoms with Crippen LogP contribution in [0.5, 0.6) is 5.75 Å². The van der Waals surface area contributed by atoms with Crippen LogP contribution < -0.4 is 10.1 Å². The number of benzene rings is 1. The van der Waals surface area contributed by atoms with Crippen molar-refractivity contribution in [3.63, 3.8) is 0 Å². The number of rotatable bonds is 5. The average Bonchev–Trinajstić information content (AvgIpc) is 2.74. The molecule has 0 spiro atoms. The Morgan fingerprint density at radius 3 is 2.63 bits per heavy atom. The third-order valence-corrected chi connectivity index (χ3v) is 4.09. The minimum Gasteiger partial charge on any atom is -0.497 e. The van der Waals surface area contributed by atoms with Gasteiger partial charge in [0.05, 0.1) is 19.8 Å². The molecule has 1 atom stereocenters. The van der Waals surface area contributed by atoms with Crippen molar-refractivity contribution < 1.29 is 9.84 Å². The van der Waals surface area contributed by atoms with Gasteiger partial charge in [0.15, 0.2) is 0 Å². The van der Waals surface area contributed by atoms with Crippen LogP contribution in [-0.4, -0.2) is 24.9 Å². The van der Waals surface area contributed by atoms with Gasteiger partial charge in [-0.15, -0.1) is 0 Å². The molecule has 0 aromatic heterocycles. The van der Waals surface area contributed by atoms with Crippen LogP contribution >= 0.6 is 0 Å². The predicted octanol–water partition coefficient (Wildman–Crippen LogP) is 3.44. The van der Waals surface area contributed by atoms with Gasteiger partial charge in [-0.25, -0.2) is 0 Å². The Balaban J connectivity index is 2.00. The number of hydrogen-bond donors (Lipinski definition) is 2. The molecule has 1 unspecified atom stereocenters. The SMILES string of the molecule is COc1cccc(NC(CO)C2CCCCCC2)c1. The molecule has 0 saturated heterocycles. The van der Waals surface area contributed by atoms with Crippen molar-refractivity contribution in [2.45, 2.75) is 44.6 Å². The van der Waals surface area contributed by atoms with Crippen molar-refractivity contribution >= 4 is 5.69 Å². The van der Waals surface area contributed by atoms with Crippen LogP contribution in [0.25, 0.3) is 0 Å². The minimum absolute atomic E-state index is 0.158. The third-order valence-electron chi connectivity index (χ3n) is 4.09. The van der Waals surface area contributed by atoms with E-state index in [1.165, 1.54) is 38.5 Å². The molecule has 1 fully saturated rings. The number of hydrogen-bond acceptors (Lipinski definition) is 3. The Bertz CT molecular complexity index is 373. The molecule has 1 aromatic rings. The maximum atomic E-state index is 9.66. The summed E-state index contributed by atoms with van der Waals surface area (Å²) in [5, 5.41) is 13.1. The van der Waals surface area contributed by atoms with Gasteiger partial charge in [0.1, 0.15) is 5.75 Å². The van der Waals surface area contributed by atoms with Gasteiger partial charge >= 0.3 is 0 Å². The summed E-state index contributed by atoms with van der Waals surface area (Å²) in [4.78, 5) is 0. The van der Waals surface area contributed by atoms with E-state index in [4.69, 9.17) is 4.74 Å². The Labute approximate surface area is 116 Å². The van der Waals surface area contributed by atoms with Crippen LogP contribution in [0.15, 0.2) is 24.3 Å². The summed E-state index contributed by atoms with van der Waals surface area (Å²) in [5.41, 5.74) is 1.03. The highest BCUT2D eigenvalue weighted by molar-refractivity contribution is 5.49. The molecule has 1 aromatic carbocycles. The topological polar surface area (TPSA) is 41.5 Å². The first-order chi connectivity index (χ1) is 9.33. The molecular weight excluding hydrogens is 238 g/mol. The second-order valence-electron chi connectivity index (χ2n) is 5.42. The van der Waals surface area contributed by atoms with Gasteiger partial charge in [-0.2, -0.15) is 0 Å². The number of nitrogens with one attached hydrogen (secondary N) is 1. The van der Waals surface area contributed by atoms with E-state index in [2.05, 4.69) is 5.32 Å². The lowest BCUT2D eigenvalue weighted by molar-refractivity contribution is 0.227. The number of aliphatic hydroxyl groups excluding tert-OH is 1. The molecule has 2 rings (SSSR count). The van der Waals surface area contributed by atoms with E-state index in [0.717, 1.165) is 11.4 Å². The maximum Gasteiger partial charge on any atom is 0.120 e. The number of aliphatic hydroxyl groups is 1. The highest BCUT2D eigenvalue weighted by Crippen LogP contribution is 2.28. The van der Waals surface area contributed by atoms with Crippen LogP contribution in [0, 0.1) is 5.92 Å². The minimum atomic E-state index is 0.158. The Kier molecular flexibility index (Phi) is 5.52. The van der Waals surface area contributed by atoms with Crippen molar-refractivity contribution in [3.05, 3.63) is 24.3 Å². The fourth-order valence-corrected chi connectivity index (χ4v) is 2.95. The highest BCUT2D eigenvalue weighted by atomic mass is 16.5. The van der Waals surface area contributed by atoms with Gasteiger partial charge < -0.3 is 15.2 Å². The van der Waals surface area contributed by atoms with Gasteiger partial charge in [0.25, 0.3) is 0 Å². The zero-order chi connectivity index (χ0) is 13.5. The van der Waals surface area contributed by atoms with Gasteiger partial charge in [-0.3, -0.25) is 0 Å². The van der Waals surface area contributed by atoms with Crippen LogP contribution in [0.1, 0.15) is 38.5 Å². The zero-order valence-electron chi connectivity index (χ0n) is 11.8. The van der Waals surface area contributed by atoms with Crippen LogP contribution in [0.4, 0.5) is 5.69 Å². The largest absolute Gasteiger partial charge is 0.497 e. The van der Waals surface area contributed by atoms with Gasteiger partial charge in [0.2, 0.25) is 0 Å². The standard InChI is InChI=1S/C16H25NO2/c1-19-15-10-6-9-14(11-15)17-16(12-18)13-7-4-2-3-5-8-13/h6,9-11,13,16-18H,2-5,7-8,12H2,1H3. The first kappa shape index (κ1) is 14.2. The van der Waals surface area contributed by atoms with E-state index in [0.29, 0.717) is 5.92 Å². The second-order valence-corrected chi connectivity index (χ2v) is 5.42. The zero-order valence-corrected chi connectivity index (χ0v) is 11.8. The summed E-state index contributed by atoms with van der Waals surface area (Å²) in [6.45, 7) is 0.196. The third kappa shape index (κ3) is 4.13. The quantitative estimate of drug-likeness (QED) is 0.800. The van der Waals surface area contributed by atoms with Gasteiger partial charge in [-0.1, -0.05) is 31.7 Å². The predicted molar refractivity (Wildman–Crippen MR) is 78.7 cm³/mol. The van der Waals surface area contributed by atoms with E-state index >= 15 is 0 Å². The van der Waals surface area contributed by atoms with E-state index in [-0.39, 0.29) is 12.6 Å². The molecular formula is C16H25NO2. The molecule has 0 radical (unpaired) electrons. The molecule has 3 heteroatoms. The molecule has 1 saturated carbocycles. The van der Waals surface area contributed by atoms with Crippen LogP contribution in [-0.2, 0) is 0 Å². The molecule has 3 nitrogen and oxygen atoms in total. The molecule has 2 N–H and O–H groups in total. The lowest BCUT2D eigenvalue weighted by Gasteiger charge is -2.26. The Morgan fingerprint density at radius 2 is 2.00 bits per heavy atom. The number of anilines is 1. The van der Waals surface area contributed by atoms with Gasteiger partial charge in [-0.05, 0) is 30.9 Å². The summed E-state index contributed by atoms with van der Waals surface area (Å²) in [7, 11) is 1.67. The summed E-state index contributed by atoms with van der Waals surface area (Å²) in [6.07, 6.45) is 7.72. The molecule has 0 bridgehead atoms. The molecule has 0 aliphatic heterocycles. The van der Waals surface area contributed by atoms with Crippen LogP contribution in [0.2, 0.25) is 0 Å². The maximum absolute atomic E-state index is 9.66. The molecule has 19 heavy (non-hydrogen) atoms. The number of ether oxygens (including phenoxy) is 1. The molecule has 1 aliphatic carbocycles. The van der Waals surface area contributed by atoms with Crippen molar-refractivity contribution in [1.82, 2.24) is 0 Å². The molecule has 106 valence electrons. The molecule has 0 amide bonds. The Morgan fingerprint density at radius 1 is 1.26 bits per heavy atom. The average molecular weight is 263 g/mol. The smallest absolute Gasteiger partial charge is 0.120 e. The fraction of sp³-hybridized carbons (Fsp3) is 0.625. The first-order valence-corrected chi connectivity index (χ1v) is 7.35. The lowest BCUT2D eigenvalue weighted by atomic mass is 9.92. The Hall–Kier alpha value is -1.22. The van der Waals surface area contributed by atoms with Crippen LogP contribution in [0.3, 0.4) is 0 Å². The monoisotopic (exact) mass is 263 g/mol. The molecule has 0 heterocycles. The normalized spacial score (nSPS) is 18.6. The molecule has 1 aliphatic rings. The summed E-state index contributed by atoms with van der Waals surface area (Å²) in [6, 6.07) is 8.08. The fourth-order valence-electron chi connectivity index (χ4n) is 2.95. The second kappa shape index (κ2) is 7.39. The number of methoxy groups -OCH3 is 1. The summed E-state index contributed by atoms with van der Waals surface area (Å²) in [5.74, 6) is 1.43.